The summed E-state index contributed by atoms with van der Waals surface area (Å²) in [6.45, 7) is 0. The van der Waals surface area contributed by atoms with Crippen LogP contribution in [0.3, 0.4) is 0 Å². The van der Waals surface area contributed by atoms with Gasteiger partial charge in [0, 0.05) is 7.11 Å². The van der Waals surface area contributed by atoms with Gasteiger partial charge in [0.1, 0.15) is 0 Å². The average Bonchev–Trinajstić information content (AvgIpc) is 3.06. The molecule has 0 saturated heterocycles. The molecule has 1 nitrogen and oxygen atoms in total. The van der Waals surface area contributed by atoms with Crippen LogP contribution in [-0.4, -0.2) is 12.2 Å². The molecule has 0 aromatic heterocycles. The van der Waals surface area contributed by atoms with E-state index in [9.17, 15) is 0 Å². The first kappa shape index (κ1) is 41.6. The average molecular weight is 764 g/mol. The molecule has 6 rings (SSSR count). The molecule has 1 radical (unpaired) electrons. The van der Waals surface area contributed by atoms with Gasteiger partial charge in [-0.05, 0) is 47.7 Å². The van der Waals surface area contributed by atoms with Crippen molar-refractivity contribution in [1.29, 1.82) is 0 Å². The zero-order valence-electron chi connectivity index (χ0n) is 24.1. The van der Waals surface area contributed by atoms with Gasteiger partial charge in [-0.25, -0.2) is 0 Å². The standard InChI is InChI=1S/2C18H15P.CH4O.3ClH.Ru/c2*1-4-10-16(11-5-1)19(17-12-6-2-7-13-17)18-14-8-3-9-15-18;1-2;;;;/h2*1-15H;2H,1H3;3*1H;/q;;;;;;+3/p-3. The fourth-order valence-corrected chi connectivity index (χ4v) is 8.97. The third-order valence-corrected chi connectivity index (χ3v) is 11.0. The molecule has 227 valence electrons. The minimum absolute atomic E-state index is 0. The van der Waals surface area contributed by atoms with Gasteiger partial charge in [0.25, 0.3) is 0 Å². The Morgan fingerprint density at radius 2 is 0.386 bits per heavy atom. The molecule has 6 aromatic carbocycles. The number of hydrogen-bond acceptors (Lipinski definition) is 1. The molecule has 6 aromatic rings. The molecule has 0 heterocycles. The van der Waals surface area contributed by atoms with Crippen LogP contribution in [0.25, 0.3) is 0 Å². The van der Waals surface area contributed by atoms with Crippen LogP contribution in [-0.2, 0) is 19.5 Å². The Hall–Kier alpha value is -2.37. The van der Waals surface area contributed by atoms with Crippen molar-refractivity contribution in [3.8, 4) is 0 Å². The van der Waals surface area contributed by atoms with Crippen LogP contribution in [0, 0.1) is 0 Å². The van der Waals surface area contributed by atoms with E-state index in [1.165, 1.54) is 31.8 Å². The van der Waals surface area contributed by atoms with E-state index in [0.29, 0.717) is 0 Å². The molecular weight excluding hydrogens is 730 g/mol. The Balaban J connectivity index is 0.000000733. The molecule has 0 aliphatic rings. The van der Waals surface area contributed by atoms with Crippen LogP contribution < -0.4 is 69.0 Å². The third-order valence-electron chi connectivity index (χ3n) is 6.09. The van der Waals surface area contributed by atoms with Gasteiger partial charge in [0.05, 0.1) is 0 Å². The Morgan fingerprint density at radius 3 is 0.500 bits per heavy atom. The summed E-state index contributed by atoms with van der Waals surface area (Å²) in [5, 5.41) is 15.4. The summed E-state index contributed by atoms with van der Waals surface area (Å²) in [4.78, 5) is 0. The van der Waals surface area contributed by atoms with E-state index in [1.807, 2.05) is 0 Å². The van der Waals surface area contributed by atoms with E-state index in [0.717, 1.165) is 7.11 Å². The number of rotatable bonds is 6. The van der Waals surface area contributed by atoms with Crippen molar-refractivity contribution in [3.05, 3.63) is 182 Å². The summed E-state index contributed by atoms with van der Waals surface area (Å²) < 4.78 is 0. The summed E-state index contributed by atoms with van der Waals surface area (Å²) in [6.07, 6.45) is 0. The summed E-state index contributed by atoms with van der Waals surface area (Å²) >= 11 is 0. The topological polar surface area (TPSA) is 20.2 Å². The molecule has 7 heteroatoms. The van der Waals surface area contributed by atoms with E-state index in [4.69, 9.17) is 5.11 Å². The fraction of sp³-hybridized carbons (Fsp3) is 0.0270. The van der Waals surface area contributed by atoms with E-state index in [1.54, 1.807) is 0 Å². The first-order valence-electron chi connectivity index (χ1n) is 13.3. The molecule has 1 N–H and O–H groups in total. The van der Waals surface area contributed by atoms with Crippen LogP contribution >= 0.6 is 15.8 Å². The van der Waals surface area contributed by atoms with Crippen molar-refractivity contribution in [1.82, 2.24) is 0 Å². The van der Waals surface area contributed by atoms with Crippen molar-refractivity contribution in [2.75, 3.05) is 7.11 Å². The molecule has 0 bridgehead atoms. The SMILES string of the molecule is CO.[Cl-].[Cl-].[Cl-].[Ru+3].c1ccc(P(c2ccccc2)c2ccccc2)cc1.c1ccc(P(c2ccccc2)c2ccccc2)cc1. The normalized spacial score (nSPS) is 9.27. The fourth-order valence-electron chi connectivity index (χ4n) is 4.36. The molecule has 0 fully saturated rings. The summed E-state index contributed by atoms with van der Waals surface area (Å²) in [5.74, 6) is 0. The monoisotopic (exact) mass is 763 g/mol. The van der Waals surface area contributed by atoms with Gasteiger partial charge in [-0.2, -0.15) is 0 Å². The van der Waals surface area contributed by atoms with Crippen LogP contribution in [0.2, 0.25) is 0 Å². The number of hydrogen-bond donors (Lipinski definition) is 1. The molecular formula is C37H34Cl3OP2Ru. The van der Waals surface area contributed by atoms with Crippen molar-refractivity contribution in [3.63, 3.8) is 0 Å². The van der Waals surface area contributed by atoms with Gasteiger partial charge < -0.3 is 42.3 Å². The molecule has 0 atom stereocenters. The zero-order valence-corrected chi connectivity index (χ0v) is 29.9. The number of aliphatic hydroxyl groups is 1. The van der Waals surface area contributed by atoms with E-state index < -0.39 is 15.8 Å². The molecule has 0 unspecified atom stereocenters. The molecule has 0 aliphatic heterocycles. The molecule has 0 saturated carbocycles. The first-order chi connectivity index (χ1) is 19.9. The third kappa shape index (κ3) is 12.2. The van der Waals surface area contributed by atoms with Gasteiger partial charge in [-0.3, -0.25) is 0 Å². The summed E-state index contributed by atoms with van der Waals surface area (Å²) in [7, 11) is 0.108. The Kier molecular flexibility index (Phi) is 22.7. The Labute approximate surface area is 296 Å². The number of halogens is 3. The maximum atomic E-state index is 7.00. The molecule has 44 heavy (non-hydrogen) atoms. The van der Waals surface area contributed by atoms with E-state index in [-0.39, 0.29) is 56.7 Å². The van der Waals surface area contributed by atoms with Crippen LogP contribution in [0.1, 0.15) is 0 Å². The van der Waals surface area contributed by atoms with E-state index >= 15 is 0 Å². The summed E-state index contributed by atoms with van der Waals surface area (Å²) in [6, 6.07) is 64.7. The smallest absolute Gasteiger partial charge is 1.00 e. The van der Waals surface area contributed by atoms with Crippen molar-refractivity contribution in [2.24, 2.45) is 0 Å². The summed E-state index contributed by atoms with van der Waals surface area (Å²) in [5.41, 5.74) is 0. The van der Waals surface area contributed by atoms with Crippen molar-refractivity contribution < 1.29 is 61.8 Å². The van der Waals surface area contributed by atoms with Gasteiger partial charge in [-0.15, -0.1) is 0 Å². The predicted octanol–water partition coefficient (Wildman–Crippen LogP) is -2.49. The predicted molar refractivity (Wildman–Crippen MR) is 178 cm³/mol. The molecule has 0 aliphatic carbocycles. The molecule has 0 spiro atoms. The second-order valence-electron chi connectivity index (χ2n) is 8.68. The van der Waals surface area contributed by atoms with Crippen molar-refractivity contribution in [2.45, 2.75) is 0 Å². The second kappa shape index (κ2) is 23.9. The quantitative estimate of drug-likeness (QED) is 0.147. The van der Waals surface area contributed by atoms with E-state index in [2.05, 4.69) is 182 Å². The number of benzene rings is 6. The minimum Gasteiger partial charge on any atom is -1.00 e. The van der Waals surface area contributed by atoms with Crippen LogP contribution in [0.4, 0.5) is 0 Å². The maximum Gasteiger partial charge on any atom is 3.00 e. The number of aliphatic hydroxyl groups excluding tert-OH is 1. The zero-order chi connectivity index (χ0) is 27.8. The van der Waals surface area contributed by atoms with Gasteiger partial charge >= 0.3 is 19.5 Å². The first-order valence-corrected chi connectivity index (χ1v) is 15.9. The largest absolute Gasteiger partial charge is 3.00 e. The Morgan fingerprint density at radius 1 is 0.273 bits per heavy atom. The van der Waals surface area contributed by atoms with Crippen LogP contribution in [0.5, 0.6) is 0 Å². The van der Waals surface area contributed by atoms with Gasteiger partial charge in [0.2, 0.25) is 0 Å². The van der Waals surface area contributed by atoms with Crippen LogP contribution in [0.15, 0.2) is 182 Å². The molecule has 0 amide bonds. The van der Waals surface area contributed by atoms with Gasteiger partial charge in [-0.1, -0.05) is 182 Å². The second-order valence-corrected chi connectivity index (χ2v) is 13.1. The minimum atomic E-state index is -0.446. The maximum absolute atomic E-state index is 7.00. The van der Waals surface area contributed by atoms with Gasteiger partial charge in [0.15, 0.2) is 0 Å². The van der Waals surface area contributed by atoms with Crippen molar-refractivity contribution >= 4 is 47.7 Å². The Bertz CT molecular complexity index is 1200.